The number of ether oxygens (including phenoxy) is 4. The summed E-state index contributed by atoms with van der Waals surface area (Å²) in [6, 6.07) is 1.84. The second-order valence-corrected chi connectivity index (χ2v) is 7.56. The zero-order chi connectivity index (χ0) is 21.1. The number of amides is 1. The number of methoxy groups -OCH3 is 4. The highest BCUT2D eigenvalue weighted by Gasteiger charge is 2.35. The summed E-state index contributed by atoms with van der Waals surface area (Å²) in [6.07, 6.45) is 2.42. The van der Waals surface area contributed by atoms with Gasteiger partial charge in [0.05, 0.1) is 39.6 Å². The lowest BCUT2D eigenvalue weighted by Crippen LogP contribution is -2.37. The first-order valence-electron chi connectivity index (χ1n) is 9.97. The van der Waals surface area contributed by atoms with E-state index in [-0.39, 0.29) is 18.1 Å². The van der Waals surface area contributed by atoms with E-state index >= 15 is 0 Å². The Balaban J connectivity index is 2.24. The Bertz CT molecular complexity index is 803. The molecule has 1 aromatic carbocycles. The highest BCUT2D eigenvalue weighted by atomic mass is 16.5. The number of carbonyl (C=O) groups excluding carboxylic acids is 1. The van der Waals surface area contributed by atoms with E-state index in [9.17, 15) is 9.90 Å². The van der Waals surface area contributed by atoms with Gasteiger partial charge in [-0.25, -0.2) is 0 Å². The van der Waals surface area contributed by atoms with Gasteiger partial charge in [0.15, 0.2) is 11.5 Å². The molecule has 7 nitrogen and oxygen atoms in total. The average Bonchev–Trinajstić information content (AvgIpc) is 2.95. The molecule has 2 aliphatic carbocycles. The summed E-state index contributed by atoms with van der Waals surface area (Å²) in [6.45, 7) is 1.52. The number of hydrogen-bond donors (Lipinski definition) is 2. The molecule has 0 aromatic heterocycles. The van der Waals surface area contributed by atoms with Crippen LogP contribution in [0, 0.1) is 0 Å². The number of benzene rings is 1. The van der Waals surface area contributed by atoms with E-state index < -0.39 is 6.10 Å². The molecule has 7 heteroatoms. The molecule has 0 heterocycles. The molecule has 1 amide bonds. The minimum absolute atomic E-state index is 0.0861. The van der Waals surface area contributed by atoms with Crippen molar-refractivity contribution in [2.45, 2.75) is 57.3 Å². The highest BCUT2D eigenvalue weighted by molar-refractivity contribution is 5.82. The van der Waals surface area contributed by atoms with E-state index in [1.165, 1.54) is 6.92 Å². The molecular formula is C22H31NO6. The molecule has 160 valence electrons. The van der Waals surface area contributed by atoms with E-state index in [1.54, 1.807) is 28.4 Å². The van der Waals surface area contributed by atoms with Crippen LogP contribution in [0.4, 0.5) is 0 Å². The smallest absolute Gasteiger partial charge is 0.217 e. The summed E-state index contributed by atoms with van der Waals surface area (Å²) >= 11 is 0. The molecular weight excluding hydrogens is 374 g/mol. The second-order valence-electron chi connectivity index (χ2n) is 7.56. The van der Waals surface area contributed by atoms with Gasteiger partial charge in [0.1, 0.15) is 0 Å². The van der Waals surface area contributed by atoms with Crippen LogP contribution >= 0.6 is 0 Å². The zero-order valence-corrected chi connectivity index (χ0v) is 17.8. The number of allylic oxidation sites excluding steroid dienone is 1. The number of nitrogens with one attached hydrogen (secondary N) is 1. The SMILES string of the molecule is COc1cc2c(c(OC)c1OC)C1=C(C[C@H](O)[C@H](OC)CC1)[C@H](NC(C)=O)CC2. The van der Waals surface area contributed by atoms with Crippen molar-refractivity contribution >= 4 is 11.5 Å². The fourth-order valence-electron chi connectivity index (χ4n) is 4.65. The van der Waals surface area contributed by atoms with Gasteiger partial charge < -0.3 is 29.4 Å². The molecule has 3 rings (SSSR count). The van der Waals surface area contributed by atoms with Gasteiger partial charge in [-0.3, -0.25) is 4.79 Å². The third kappa shape index (κ3) is 4.07. The predicted molar refractivity (Wildman–Crippen MR) is 110 cm³/mol. The Morgan fingerprint density at radius 2 is 1.79 bits per heavy atom. The molecule has 0 radical (unpaired) electrons. The Morgan fingerprint density at radius 1 is 1.07 bits per heavy atom. The maximum atomic E-state index is 11.9. The largest absolute Gasteiger partial charge is 0.493 e. The number of aliphatic hydroxyl groups excluding tert-OH is 1. The van der Waals surface area contributed by atoms with Gasteiger partial charge in [0.2, 0.25) is 11.7 Å². The quantitative estimate of drug-likeness (QED) is 0.783. The second kappa shape index (κ2) is 9.05. The number of aliphatic hydroxyl groups is 1. The van der Waals surface area contributed by atoms with Crippen molar-refractivity contribution in [2.75, 3.05) is 28.4 Å². The molecule has 0 fully saturated rings. The summed E-state index contributed by atoms with van der Waals surface area (Å²) in [5.41, 5.74) is 4.20. The number of fused-ring (bicyclic) bond motifs is 2. The van der Waals surface area contributed by atoms with Crippen molar-refractivity contribution in [3.8, 4) is 17.2 Å². The van der Waals surface area contributed by atoms with Crippen LogP contribution in [0.1, 0.15) is 43.7 Å². The van der Waals surface area contributed by atoms with Gasteiger partial charge in [0, 0.05) is 19.6 Å². The molecule has 2 N–H and O–H groups in total. The monoisotopic (exact) mass is 405 g/mol. The van der Waals surface area contributed by atoms with Gasteiger partial charge in [-0.05, 0) is 54.9 Å². The van der Waals surface area contributed by atoms with Gasteiger partial charge in [-0.15, -0.1) is 0 Å². The molecule has 1 aromatic rings. The number of carbonyl (C=O) groups is 1. The van der Waals surface area contributed by atoms with Crippen LogP contribution in [-0.4, -0.2) is 57.7 Å². The Morgan fingerprint density at radius 3 is 2.38 bits per heavy atom. The fraction of sp³-hybridized carbons (Fsp3) is 0.591. The van der Waals surface area contributed by atoms with E-state index in [1.807, 2.05) is 6.07 Å². The molecule has 0 bridgehead atoms. The zero-order valence-electron chi connectivity index (χ0n) is 17.8. The number of hydrogen-bond acceptors (Lipinski definition) is 6. The van der Waals surface area contributed by atoms with Crippen molar-refractivity contribution in [2.24, 2.45) is 0 Å². The molecule has 0 saturated heterocycles. The van der Waals surface area contributed by atoms with Crippen molar-refractivity contribution in [3.63, 3.8) is 0 Å². The maximum absolute atomic E-state index is 11.9. The van der Waals surface area contributed by atoms with Gasteiger partial charge in [-0.1, -0.05) is 0 Å². The van der Waals surface area contributed by atoms with E-state index in [0.717, 1.165) is 35.1 Å². The fourth-order valence-corrected chi connectivity index (χ4v) is 4.65. The van der Waals surface area contributed by atoms with Crippen LogP contribution in [0.2, 0.25) is 0 Å². The lowest BCUT2D eigenvalue weighted by Gasteiger charge is -2.24. The topological polar surface area (TPSA) is 86.2 Å². The van der Waals surface area contributed by atoms with Crippen LogP contribution in [0.25, 0.3) is 5.57 Å². The van der Waals surface area contributed by atoms with Crippen molar-refractivity contribution in [1.82, 2.24) is 5.32 Å². The van der Waals surface area contributed by atoms with E-state index in [4.69, 9.17) is 18.9 Å². The number of rotatable bonds is 5. The van der Waals surface area contributed by atoms with Crippen LogP contribution in [0.5, 0.6) is 17.2 Å². The molecule has 0 aliphatic heterocycles. The van der Waals surface area contributed by atoms with Gasteiger partial charge in [0.25, 0.3) is 0 Å². The van der Waals surface area contributed by atoms with Crippen LogP contribution in [-0.2, 0) is 16.0 Å². The molecule has 29 heavy (non-hydrogen) atoms. The van der Waals surface area contributed by atoms with Crippen molar-refractivity contribution in [1.29, 1.82) is 0 Å². The lowest BCUT2D eigenvalue weighted by atomic mass is 9.90. The van der Waals surface area contributed by atoms with Crippen molar-refractivity contribution < 1.29 is 28.8 Å². The summed E-state index contributed by atoms with van der Waals surface area (Å²) in [5, 5.41) is 13.8. The first kappa shape index (κ1) is 21.5. The van der Waals surface area contributed by atoms with Gasteiger partial charge in [-0.2, -0.15) is 0 Å². The van der Waals surface area contributed by atoms with E-state index in [2.05, 4.69) is 5.32 Å². The molecule has 2 aliphatic rings. The van der Waals surface area contributed by atoms with Crippen LogP contribution < -0.4 is 19.5 Å². The van der Waals surface area contributed by atoms with Crippen molar-refractivity contribution in [3.05, 3.63) is 22.8 Å². The summed E-state index contributed by atoms with van der Waals surface area (Å²) < 4.78 is 22.5. The molecule has 0 unspecified atom stereocenters. The van der Waals surface area contributed by atoms with E-state index in [0.29, 0.717) is 36.5 Å². The third-order valence-electron chi connectivity index (χ3n) is 5.94. The maximum Gasteiger partial charge on any atom is 0.217 e. The first-order valence-corrected chi connectivity index (χ1v) is 9.97. The van der Waals surface area contributed by atoms with Crippen LogP contribution in [0.15, 0.2) is 11.6 Å². The average molecular weight is 405 g/mol. The lowest BCUT2D eigenvalue weighted by molar-refractivity contribution is -0.119. The van der Waals surface area contributed by atoms with Crippen LogP contribution in [0.3, 0.4) is 0 Å². The summed E-state index contributed by atoms with van der Waals surface area (Å²) in [5.74, 6) is 1.71. The summed E-state index contributed by atoms with van der Waals surface area (Å²) in [4.78, 5) is 11.9. The Kier molecular flexibility index (Phi) is 6.70. The van der Waals surface area contributed by atoms with Gasteiger partial charge >= 0.3 is 0 Å². The first-order chi connectivity index (χ1) is 13.9. The minimum atomic E-state index is -0.628. The minimum Gasteiger partial charge on any atom is -0.493 e. The molecule has 0 spiro atoms. The normalized spacial score (nSPS) is 24.0. The highest BCUT2D eigenvalue weighted by Crippen LogP contribution is 2.49. The Hall–Kier alpha value is -2.25. The molecule has 3 atom stereocenters. The standard InChI is InChI=1S/C22H31NO6/c1-12(24)23-16-8-6-13-10-19(27-3)21(28-4)22(29-5)20(13)14-7-9-18(26-2)17(25)11-15(14)16/h10,16-18,25H,6-9,11H2,1-5H3,(H,23,24)/t16-,17+,18-/m1/s1. The number of aryl methyl sites for hydroxylation is 1. The molecule has 0 saturated carbocycles. The predicted octanol–water partition coefficient (Wildman–Crippen LogP) is 2.48. The summed E-state index contributed by atoms with van der Waals surface area (Å²) in [7, 11) is 6.45. The third-order valence-corrected chi connectivity index (χ3v) is 5.94. The Labute approximate surface area is 172 Å².